The number of carbonyl (C=O) groups is 1. The summed E-state index contributed by atoms with van der Waals surface area (Å²) in [5.41, 5.74) is 0.754. The van der Waals surface area contributed by atoms with Crippen molar-refractivity contribution in [3.63, 3.8) is 0 Å². The second-order valence-electron chi connectivity index (χ2n) is 6.39. The summed E-state index contributed by atoms with van der Waals surface area (Å²) in [4.78, 5) is 16.1. The Balaban J connectivity index is 0.00000288. The molecule has 1 amide bonds. The number of piperidine rings is 1. The lowest BCUT2D eigenvalue weighted by atomic mass is 9.93. The van der Waals surface area contributed by atoms with Crippen molar-refractivity contribution in [3.05, 3.63) is 21.4 Å². The molecule has 0 aliphatic carbocycles. The second kappa shape index (κ2) is 9.17. The molecular weight excluding hydrogens is 368 g/mol. The normalized spacial score (nSPS) is 16.0. The number of rotatable bonds is 6. The van der Waals surface area contributed by atoms with Crippen molar-refractivity contribution >= 4 is 39.5 Å². The topological polar surface area (TPSA) is 66.5 Å². The van der Waals surface area contributed by atoms with Crippen LogP contribution in [0.25, 0.3) is 0 Å². The summed E-state index contributed by atoms with van der Waals surface area (Å²) in [6.45, 7) is 4.50. The maximum Gasteiger partial charge on any atom is 0.263 e. The number of thiophene rings is 1. The zero-order chi connectivity index (χ0) is 17.0. The van der Waals surface area contributed by atoms with Crippen LogP contribution >= 0.6 is 23.7 Å². The fourth-order valence-electron chi connectivity index (χ4n) is 2.98. The van der Waals surface area contributed by atoms with Gasteiger partial charge in [0.05, 0.1) is 10.6 Å². The molecule has 24 heavy (non-hydrogen) atoms. The number of hydrogen-bond acceptors (Lipinski definition) is 5. The highest BCUT2D eigenvalue weighted by molar-refractivity contribution is 7.89. The molecule has 0 aromatic carbocycles. The van der Waals surface area contributed by atoms with Gasteiger partial charge in [-0.3, -0.25) is 4.79 Å². The number of carbonyl (C=O) groups excluding carboxylic acids is 1. The molecule has 0 saturated carbocycles. The van der Waals surface area contributed by atoms with E-state index in [0.717, 1.165) is 49.3 Å². The van der Waals surface area contributed by atoms with Crippen molar-refractivity contribution in [2.45, 2.75) is 31.9 Å². The van der Waals surface area contributed by atoms with Gasteiger partial charge in [-0.1, -0.05) is 0 Å². The highest BCUT2D eigenvalue weighted by Gasteiger charge is 2.25. The van der Waals surface area contributed by atoms with Gasteiger partial charge in [-0.15, -0.1) is 23.7 Å². The minimum absolute atomic E-state index is 0. The molecule has 1 aliphatic rings. The molecule has 0 spiro atoms. The number of hydrogen-bond donors (Lipinski definition) is 1. The monoisotopic (exact) mass is 394 g/mol. The van der Waals surface area contributed by atoms with Gasteiger partial charge in [0.25, 0.3) is 5.91 Å². The van der Waals surface area contributed by atoms with E-state index in [0.29, 0.717) is 10.8 Å². The Morgan fingerprint density at radius 2 is 2.00 bits per heavy atom. The molecule has 1 aromatic rings. The summed E-state index contributed by atoms with van der Waals surface area (Å²) in [7, 11) is -1.11. The van der Waals surface area contributed by atoms with Crippen molar-refractivity contribution in [3.8, 4) is 0 Å². The minimum Gasteiger partial charge on any atom is -0.338 e. The van der Waals surface area contributed by atoms with Gasteiger partial charge in [-0.2, -0.15) is 0 Å². The smallest absolute Gasteiger partial charge is 0.263 e. The molecule has 5 nitrogen and oxygen atoms in total. The Bertz CT molecular complexity index is 650. The summed E-state index contributed by atoms with van der Waals surface area (Å²) in [6, 6.07) is 1.76. The first-order valence-electron chi connectivity index (χ1n) is 8.01. The molecule has 2 heterocycles. The quantitative estimate of drug-likeness (QED) is 0.804. The predicted octanol–water partition coefficient (Wildman–Crippen LogP) is 2.48. The van der Waals surface area contributed by atoms with E-state index in [-0.39, 0.29) is 24.1 Å². The lowest BCUT2D eigenvalue weighted by Gasteiger charge is -2.31. The lowest BCUT2D eigenvalue weighted by molar-refractivity contribution is 0.0692. The van der Waals surface area contributed by atoms with E-state index in [2.05, 4.69) is 5.32 Å². The zero-order valence-electron chi connectivity index (χ0n) is 14.5. The summed E-state index contributed by atoms with van der Waals surface area (Å²) in [5.74, 6) is 0.747. The molecule has 1 saturated heterocycles. The van der Waals surface area contributed by atoms with E-state index >= 15 is 0 Å². The summed E-state index contributed by atoms with van der Waals surface area (Å²) < 4.78 is 22.9. The average Bonchev–Trinajstić information content (AvgIpc) is 2.84. The van der Waals surface area contributed by atoms with Crippen LogP contribution in [-0.2, 0) is 15.6 Å². The number of aryl methyl sites for hydroxylation is 1. The standard InChI is InChI=1S/C16H26N2O3S2.ClH/c1-12-14(11-23(3,20)21)10-15(22-12)16(19)18-8-5-13(6-9-18)4-7-17-2;/h10,13,17H,4-9,11H2,1-3H3;1H. The van der Waals surface area contributed by atoms with Crippen molar-refractivity contribution < 1.29 is 13.2 Å². The van der Waals surface area contributed by atoms with E-state index in [1.807, 2.05) is 18.9 Å². The molecular formula is C16H27ClN2O3S2. The van der Waals surface area contributed by atoms with Gasteiger partial charge < -0.3 is 10.2 Å². The molecule has 1 aromatic heterocycles. The average molecular weight is 395 g/mol. The number of likely N-dealkylation sites (tertiary alicyclic amines) is 1. The lowest BCUT2D eigenvalue weighted by Crippen LogP contribution is -2.38. The van der Waals surface area contributed by atoms with Crippen LogP contribution in [0.2, 0.25) is 0 Å². The van der Waals surface area contributed by atoms with Gasteiger partial charge in [0.15, 0.2) is 9.84 Å². The van der Waals surface area contributed by atoms with Crippen LogP contribution in [0.1, 0.15) is 39.4 Å². The van der Waals surface area contributed by atoms with Gasteiger partial charge in [0, 0.05) is 24.2 Å². The third-order valence-corrected chi connectivity index (χ3v) is 6.27. The SMILES string of the molecule is CNCCC1CCN(C(=O)c2cc(CS(C)(=O)=O)c(C)s2)CC1.Cl. The molecule has 138 valence electrons. The minimum atomic E-state index is -3.08. The first kappa shape index (κ1) is 21.4. The van der Waals surface area contributed by atoms with E-state index < -0.39 is 9.84 Å². The number of amides is 1. The Morgan fingerprint density at radius 1 is 1.38 bits per heavy atom. The summed E-state index contributed by atoms with van der Waals surface area (Å²) in [6.07, 6.45) is 4.48. The van der Waals surface area contributed by atoms with Crippen LogP contribution in [0.4, 0.5) is 0 Å². The molecule has 1 N–H and O–H groups in total. The fraction of sp³-hybridized carbons (Fsp3) is 0.688. The largest absolute Gasteiger partial charge is 0.338 e. The van der Waals surface area contributed by atoms with Gasteiger partial charge in [-0.25, -0.2) is 8.42 Å². The Morgan fingerprint density at radius 3 is 2.54 bits per heavy atom. The first-order chi connectivity index (χ1) is 10.8. The number of nitrogens with one attached hydrogen (secondary N) is 1. The number of nitrogens with zero attached hydrogens (tertiary/aromatic N) is 1. The molecule has 0 unspecified atom stereocenters. The van der Waals surface area contributed by atoms with Gasteiger partial charge in [0.1, 0.15) is 0 Å². The van der Waals surface area contributed by atoms with Crippen molar-refractivity contribution in [1.82, 2.24) is 10.2 Å². The third-order valence-electron chi connectivity index (χ3n) is 4.35. The molecule has 1 fully saturated rings. The molecule has 2 rings (SSSR count). The van der Waals surface area contributed by atoms with Crippen LogP contribution in [-0.4, -0.2) is 52.2 Å². The van der Waals surface area contributed by atoms with Crippen LogP contribution < -0.4 is 5.32 Å². The highest BCUT2D eigenvalue weighted by Crippen LogP contribution is 2.27. The van der Waals surface area contributed by atoms with E-state index in [9.17, 15) is 13.2 Å². The molecule has 1 aliphatic heterocycles. The molecule has 8 heteroatoms. The van der Waals surface area contributed by atoms with Crippen LogP contribution in [0, 0.1) is 12.8 Å². The molecule has 0 radical (unpaired) electrons. The Kier molecular flexibility index (Phi) is 8.19. The predicted molar refractivity (Wildman–Crippen MR) is 102 cm³/mol. The zero-order valence-corrected chi connectivity index (χ0v) is 17.0. The first-order valence-corrected chi connectivity index (χ1v) is 10.9. The van der Waals surface area contributed by atoms with Crippen LogP contribution in [0.3, 0.4) is 0 Å². The van der Waals surface area contributed by atoms with Crippen molar-refractivity contribution in [2.24, 2.45) is 5.92 Å². The molecule has 0 bridgehead atoms. The Hall–Kier alpha value is -0.630. The van der Waals surface area contributed by atoms with Gasteiger partial charge >= 0.3 is 0 Å². The summed E-state index contributed by atoms with van der Waals surface area (Å²) in [5, 5.41) is 3.17. The summed E-state index contributed by atoms with van der Waals surface area (Å²) >= 11 is 1.41. The Labute approximate surface area is 155 Å². The van der Waals surface area contributed by atoms with E-state index in [1.54, 1.807) is 6.07 Å². The van der Waals surface area contributed by atoms with Crippen molar-refractivity contribution in [1.29, 1.82) is 0 Å². The molecule has 0 atom stereocenters. The van der Waals surface area contributed by atoms with Crippen molar-refractivity contribution in [2.75, 3.05) is 32.9 Å². The third kappa shape index (κ3) is 6.02. The second-order valence-corrected chi connectivity index (χ2v) is 9.79. The fourth-order valence-corrected chi connectivity index (χ4v) is 4.95. The van der Waals surface area contributed by atoms with Crippen LogP contribution in [0.5, 0.6) is 0 Å². The van der Waals surface area contributed by atoms with Gasteiger partial charge in [-0.05, 0) is 57.3 Å². The van der Waals surface area contributed by atoms with Crippen LogP contribution in [0.15, 0.2) is 6.07 Å². The van der Waals surface area contributed by atoms with E-state index in [1.165, 1.54) is 17.6 Å². The highest BCUT2D eigenvalue weighted by atomic mass is 35.5. The maximum atomic E-state index is 12.6. The van der Waals surface area contributed by atoms with Gasteiger partial charge in [0.2, 0.25) is 0 Å². The number of halogens is 1. The van der Waals surface area contributed by atoms with E-state index in [4.69, 9.17) is 0 Å². The maximum absolute atomic E-state index is 12.6. The number of sulfone groups is 1.